The first kappa shape index (κ1) is 20.2. The number of hydrogen-bond acceptors (Lipinski definition) is 4. The number of urea groups is 1. The van der Waals surface area contributed by atoms with Crippen LogP contribution in [0.4, 0.5) is 4.79 Å². The summed E-state index contributed by atoms with van der Waals surface area (Å²) in [6, 6.07) is 7.19. The van der Waals surface area contributed by atoms with Crippen molar-refractivity contribution < 1.29 is 18.8 Å². The van der Waals surface area contributed by atoms with E-state index in [1.165, 1.54) is 0 Å². The fourth-order valence-corrected chi connectivity index (χ4v) is 3.64. The van der Waals surface area contributed by atoms with Crippen molar-refractivity contribution in [3.63, 3.8) is 0 Å². The van der Waals surface area contributed by atoms with Crippen molar-refractivity contribution in [2.24, 2.45) is 0 Å². The van der Waals surface area contributed by atoms with Gasteiger partial charge in [0.15, 0.2) is 5.54 Å². The van der Waals surface area contributed by atoms with Gasteiger partial charge in [-0.1, -0.05) is 29.3 Å². The van der Waals surface area contributed by atoms with E-state index < -0.39 is 36.0 Å². The van der Waals surface area contributed by atoms with Gasteiger partial charge in [0.2, 0.25) is 5.91 Å². The van der Waals surface area contributed by atoms with Crippen LogP contribution in [0.5, 0.6) is 0 Å². The number of furan rings is 1. The fraction of sp³-hybridized carbons (Fsp3) is 0.316. The molecule has 1 aromatic carbocycles. The Hall–Kier alpha value is -2.51. The van der Waals surface area contributed by atoms with E-state index in [4.69, 9.17) is 27.6 Å². The number of halogens is 2. The Morgan fingerprint density at radius 1 is 1.29 bits per heavy atom. The molecule has 28 heavy (non-hydrogen) atoms. The van der Waals surface area contributed by atoms with Crippen molar-refractivity contribution in [2.75, 3.05) is 6.54 Å². The van der Waals surface area contributed by atoms with Gasteiger partial charge in [0.05, 0.1) is 6.04 Å². The van der Waals surface area contributed by atoms with Crippen molar-refractivity contribution in [3.05, 3.63) is 57.5 Å². The molecule has 0 saturated carbocycles. The predicted octanol–water partition coefficient (Wildman–Crippen LogP) is 3.54. The molecule has 1 aliphatic rings. The lowest BCUT2D eigenvalue weighted by Crippen LogP contribution is -2.43. The van der Waals surface area contributed by atoms with E-state index in [9.17, 15) is 14.4 Å². The molecule has 0 aliphatic carbocycles. The van der Waals surface area contributed by atoms with Crippen LogP contribution in [0.1, 0.15) is 37.0 Å². The molecule has 2 N–H and O–H groups in total. The molecule has 2 atom stereocenters. The highest BCUT2D eigenvalue weighted by Gasteiger charge is 2.51. The molecule has 1 fully saturated rings. The zero-order valence-corrected chi connectivity index (χ0v) is 17.0. The van der Waals surface area contributed by atoms with Crippen LogP contribution >= 0.6 is 23.2 Å². The van der Waals surface area contributed by atoms with E-state index in [1.54, 1.807) is 51.1 Å². The summed E-state index contributed by atoms with van der Waals surface area (Å²) in [4.78, 5) is 38.4. The van der Waals surface area contributed by atoms with Gasteiger partial charge in [0, 0.05) is 10.0 Å². The SMILES string of the molecule is Cc1ccc(C2(C)NC(=O)N(CC(=O)NC(C)c3ccc(Cl)cc3Cl)C2=O)o1. The van der Waals surface area contributed by atoms with E-state index >= 15 is 0 Å². The van der Waals surface area contributed by atoms with Crippen LogP contribution in [0.3, 0.4) is 0 Å². The molecular weight excluding hydrogens is 405 g/mol. The Labute approximate surface area is 172 Å². The Morgan fingerprint density at radius 3 is 2.61 bits per heavy atom. The van der Waals surface area contributed by atoms with E-state index in [-0.39, 0.29) is 0 Å². The van der Waals surface area contributed by atoms with E-state index in [0.29, 0.717) is 27.1 Å². The van der Waals surface area contributed by atoms with Gasteiger partial charge in [-0.15, -0.1) is 0 Å². The number of hydrogen-bond donors (Lipinski definition) is 2. The quantitative estimate of drug-likeness (QED) is 0.719. The first-order valence-electron chi connectivity index (χ1n) is 8.57. The third-order valence-corrected chi connectivity index (χ3v) is 5.18. The summed E-state index contributed by atoms with van der Waals surface area (Å²) < 4.78 is 5.50. The van der Waals surface area contributed by atoms with Crippen LogP contribution in [0.25, 0.3) is 0 Å². The maximum absolute atomic E-state index is 12.8. The third kappa shape index (κ3) is 3.72. The number of rotatable bonds is 5. The van der Waals surface area contributed by atoms with Gasteiger partial charge < -0.3 is 15.1 Å². The van der Waals surface area contributed by atoms with Crippen LogP contribution in [0.2, 0.25) is 10.0 Å². The minimum absolute atomic E-state index is 0.313. The van der Waals surface area contributed by atoms with Crippen LogP contribution in [0, 0.1) is 6.92 Å². The number of carbonyl (C=O) groups excluding carboxylic acids is 3. The first-order chi connectivity index (χ1) is 13.1. The van der Waals surface area contributed by atoms with Crippen molar-refractivity contribution in [3.8, 4) is 0 Å². The number of nitrogens with zero attached hydrogens (tertiary/aromatic N) is 1. The van der Waals surface area contributed by atoms with Crippen molar-refractivity contribution >= 4 is 41.0 Å². The number of nitrogens with one attached hydrogen (secondary N) is 2. The molecule has 3 rings (SSSR count). The smallest absolute Gasteiger partial charge is 0.325 e. The van der Waals surface area contributed by atoms with Gasteiger partial charge in [-0.2, -0.15) is 0 Å². The van der Waals surface area contributed by atoms with E-state index in [1.807, 2.05) is 0 Å². The first-order valence-corrected chi connectivity index (χ1v) is 9.32. The summed E-state index contributed by atoms with van der Waals surface area (Å²) >= 11 is 12.0. The zero-order chi connectivity index (χ0) is 20.6. The summed E-state index contributed by atoms with van der Waals surface area (Å²) in [5.41, 5.74) is -0.677. The Bertz CT molecular complexity index is 958. The number of benzene rings is 1. The molecule has 2 heterocycles. The van der Waals surface area contributed by atoms with Crippen molar-refractivity contribution in [1.29, 1.82) is 0 Å². The van der Waals surface area contributed by atoms with Gasteiger partial charge in [-0.3, -0.25) is 14.5 Å². The molecule has 7 nitrogen and oxygen atoms in total. The molecule has 1 aromatic heterocycles. The largest absolute Gasteiger partial charge is 0.463 e. The summed E-state index contributed by atoms with van der Waals surface area (Å²) in [6.07, 6.45) is 0. The highest BCUT2D eigenvalue weighted by molar-refractivity contribution is 6.35. The average molecular weight is 424 g/mol. The average Bonchev–Trinajstić information content (AvgIpc) is 3.13. The molecule has 148 valence electrons. The normalized spacial score (nSPS) is 20.2. The van der Waals surface area contributed by atoms with Crippen LogP contribution in [-0.2, 0) is 15.1 Å². The second-order valence-corrected chi connectivity index (χ2v) is 7.66. The number of carbonyl (C=O) groups is 3. The Kier molecular flexibility index (Phi) is 5.41. The van der Waals surface area contributed by atoms with Crippen LogP contribution in [-0.4, -0.2) is 29.3 Å². The van der Waals surface area contributed by atoms with E-state index in [2.05, 4.69) is 10.6 Å². The molecule has 0 spiro atoms. The molecule has 0 bridgehead atoms. The maximum atomic E-state index is 12.8. The lowest BCUT2D eigenvalue weighted by molar-refractivity contribution is -0.135. The minimum Gasteiger partial charge on any atom is -0.463 e. The number of imide groups is 1. The van der Waals surface area contributed by atoms with Crippen LogP contribution in [0.15, 0.2) is 34.7 Å². The maximum Gasteiger partial charge on any atom is 0.325 e. The lowest BCUT2D eigenvalue weighted by atomic mass is 9.99. The third-order valence-electron chi connectivity index (χ3n) is 4.62. The number of aryl methyl sites for hydroxylation is 1. The summed E-state index contributed by atoms with van der Waals surface area (Å²) in [5.74, 6) is -0.128. The van der Waals surface area contributed by atoms with Gasteiger partial charge in [0.1, 0.15) is 18.1 Å². The number of amides is 4. The fourth-order valence-electron chi connectivity index (χ4n) is 3.07. The van der Waals surface area contributed by atoms with Gasteiger partial charge in [-0.05, 0) is 50.6 Å². The van der Waals surface area contributed by atoms with Crippen molar-refractivity contribution in [2.45, 2.75) is 32.4 Å². The highest BCUT2D eigenvalue weighted by atomic mass is 35.5. The zero-order valence-electron chi connectivity index (χ0n) is 15.5. The molecule has 0 radical (unpaired) electrons. The summed E-state index contributed by atoms with van der Waals surface area (Å²) in [7, 11) is 0. The molecule has 4 amide bonds. The lowest BCUT2D eigenvalue weighted by Gasteiger charge is -2.20. The standard InChI is InChI=1S/C19H19Cl2N3O4/c1-10-4-7-15(28-10)19(3)17(26)24(18(27)23-19)9-16(25)22-11(2)13-6-5-12(20)8-14(13)21/h4-8,11H,9H2,1-3H3,(H,22,25)(H,23,27). The monoisotopic (exact) mass is 423 g/mol. The highest BCUT2D eigenvalue weighted by Crippen LogP contribution is 2.30. The molecule has 1 saturated heterocycles. The van der Waals surface area contributed by atoms with Gasteiger partial charge >= 0.3 is 6.03 Å². The second kappa shape index (κ2) is 7.48. The van der Waals surface area contributed by atoms with Gasteiger partial charge in [0.25, 0.3) is 5.91 Å². The Morgan fingerprint density at radius 2 is 2.00 bits per heavy atom. The molecule has 2 unspecified atom stereocenters. The Balaban J connectivity index is 1.70. The van der Waals surface area contributed by atoms with Gasteiger partial charge in [-0.25, -0.2) is 4.79 Å². The summed E-state index contributed by atoms with van der Waals surface area (Å²) in [6.45, 7) is 4.60. The molecule has 1 aliphatic heterocycles. The minimum atomic E-state index is -1.35. The summed E-state index contributed by atoms with van der Waals surface area (Å²) in [5, 5.41) is 6.22. The van der Waals surface area contributed by atoms with Crippen molar-refractivity contribution in [1.82, 2.24) is 15.5 Å². The molecule has 2 aromatic rings. The second-order valence-electron chi connectivity index (χ2n) is 6.81. The van der Waals surface area contributed by atoms with Crippen LogP contribution < -0.4 is 10.6 Å². The predicted molar refractivity (Wildman–Crippen MR) is 104 cm³/mol. The molecule has 9 heteroatoms. The van der Waals surface area contributed by atoms with E-state index in [0.717, 1.165) is 4.90 Å². The molecular formula is C19H19Cl2N3O4. The topological polar surface area (TPSA) is 91.7 Å².